The molecule has 9 nitrogen and oxygen atoms in total. The number of carbonyl (C=O) groups excluding carboxylic acids is 2. The van der Waals surface area contributed by atoms with Crippen LogP contribution in [0.1, 0.15) is 49.1 Å². The summed E-state index contributed by atoms with van der Waals surface area (Å²) in [7, 11) is 0. The smallest absolute Gasteiger partial charge is 0.294 e. The molecule has 0 aromatic carbocycles. The fourth-order valence-corrected chi connectivity index (χ4v) is 4.87. The first kappa shape index (κ1) is 21.8. The summed E-state index contributed by atoms with van der Waals surface area (Å²) in [5, 5.41) is 6.03. The van der Waals surface area contributed by atoms with Crippen molar-refractivity contribution in [2.75, 3.05) is 23.7 Å². The topological polar surface area (TPSA) is 113 Å². The van der Waals surface area contributed by atoms with E-state index in [0.717, 1.165) is 25.7 Å². The number of aromatic nitrogens is 3. The van der Waals surface area contributed by atoms with Gasteiger partial charge in [-0.15, -0.1) is 0 Å². The maximum absolute atomic E-state index is 13.1. The van der Waals surface area contributed by atoms with Crippen LogP contribution in [0.3, 0.4) is 0 Å². The third-order valence-corrected chi connectivity index (χ3v) is 6.70. The Morgan fingerprint density at radius 1 is 1.00 bits per heavy atom. The lowest BCUT2D eigenvalue weighted by Gasteiger charge is -2.33. The van der Waals surface area contributed by atoms with Gasteiger partial charge in [0.15, 0.2) is 5.52 Å². The summed E-state index contributed by atoms with van der Waals surface area (Å²) in [5.74, 6) is -0.547. The lowest BCUT2D eigenvalue weighted by molar-refractivity contribution is -0.121. The predicted molar refractivity (Wildman–Crippen MR) is 124 cm³/mol. The zero-order chi connectivity index (χ0) is 22.8. The predicted octanol–water partition coefficient (Wildman–Crippen LogP) is 4.12. The summed E-state index contributed by atoms with van der Waals surface area (Å²) in [6.07, 6.45) is 10.6. The van der Waals surface area contributed by atoms with Crippen LogP contribution in [0.25, 0.3) is 11.2 Å². The molecule has 1 aliphatic heterocycles. The van der Waals surface area contributed by atoms with E-state index in [2.05, 4.69) is 30.5 Å². The molecule has 5 rings (SSSR count). The second-order valence-corrected chi connectivity index (χ2v) is 9.01. The molecule has 33 heavy (non-hydrogen) atoms. The highest BCUT2D eigenvalue weighted by Gasteiger charge is 2.32. The first-order chi connectivity index (χ1) is 16.1. The Morgan fingerprint density at radius 2 is 1.76 bits per heavy atom. The lowest BCUT2D eigenvalue weighted by Crippen LogP contribution is -2.38. The number of rotatable bonds is 5. The first-order valence-corrected chi connectivity index (χ1v) is 11.7. The van der Waals surface area contributed by atoms with Crippen LogP contribution >= 0.6 is 11.6 Å². The van der Waals surface area contributed by atoms with Crippen molar-refractivity contribution in [2.24, 2.45) is 5.92 Å². The monoisotopic (exact) mass is 468 g/mol. The third-order valence-electron chi connectivity index (χ3n) is 6.48. The third kappa shape index (κ3) is 4.69. The second-order valence-electron chi connectivity index (χ2n) is 8.57. The molecule has 0 bridgehead atoms. The van der Waals surface area contributed by atoms with E-state index in [1.807, 2.05) is 0 Å². The van der Waals surface area contributed by atoms with Crippen molar-refractivity contribution < 1.29 is 14.0 Å². The van der Waals surface area contributed by atoms with Gasteiger partial charge in [-0.3, -0.25) is 9.59 Å². The molecule has 3 aromatic rings. The highest BCUT2D eigenvalue weighted by atomic mass is 35.5. The van der Waals surface area contributed by atoms with Crippen LogP contribution in [0.15, 0.2) is 35.1 Å². The molecule has 2 fully saturated rings. The fourth-order valence-electron chi connectivity index (χ4n) is 4.76. The normalized spacial score (nSPS) is 21.2. The van der Waals surface area contributed by atoms with Crippen LogP contribution in [-0.2, 0) is 4.79 Å². The van der Waals surface area contributed by atoms with Crippen molar-refractivity contribution in [3.63, 3.8) is 0 Å². The quantitative estimate of drug-likeness (QED) is 0.579. The zero-order valence-electron chi connectivity index (χ0n) is 18.1. The van der Waals surface area contributed by atoms with Gasteiger partial charge in [0.05, 0.1) is 5.02 Å². The van der Waals surface area contributed by atoms with Gasteiger partial charge in [0.2, 0.25) is 17.4 Å². The van der Waals surface area contributed by atoms with Crippen LogP contribution < -0.4 is 10.6 Å². The minimum absolute atomic E-state index is 0.0629. The number of nitrogens with zero attached hydrogens (tertiary/aromatic N) is 4. The summed E-state index contributed by atoms with van der Waals surface area (Å²) in [4.78, 5) is 41.1. The van der Waals surface area contributed by atoms with E-state index < -0.39 is 5.91 Å². The number of hydrogen-bond acceptors (Lipinski definition) is 7. The molecule has 2 aliphatic rings. The molecule has 1 saturated heterocycles. The van der Waals surface area contributed by atoms with Gasteiger partial charge in [-0.1, -0.05) is 11.6 Å². The number of halogens is 1. The Bertz CT molecular complexity index is 1150. The second kappa shape index (κ2) is 9.44. The highest BCUT2D eigenvalue weighted by molar-refractivity contribution is 6.30. The van der Waals surface area contributed by atoms with E-state index in [1.165, 1.54) is 44.5 Å². The maximum atomic E-state index is 13.1. The molecule has 0 radical (unpaired) electrons. The minimum atomic E-state index is -0.558. The number of pyridine rings is 1. The van der Waals surface area contributed by atoms with Gasteiger partial charge in [-0.05, 0) is 63.7 Å². The minimum Gasteiger partial charge on any atom is -0.429 e. The highest BCUT2D eigenvalue weighted by Crippen LogP contribution is 2.33. The molecule has 1 saturated carbocycles. The molecule has 0 spiro atoms. The molecular weight excluding hydrogens is 444 g/mol. The number of carbonyl (C=O) groups is 2. The maximum Gasteiger partial charge on any atom is 0.294 e. The molecule has 2 N–H and O–H groups in total. The van der Waals surface area contributed by atoms with Gasteiger partial charge in [0, 0.05) is 30.6 Å². The molecule has 1 aliphatic carbocycles. The average Bonchev–Trinajstić information content (AvgIpc) is 3.50. The van der Waals surface area contributed by atoms with Crippen LogP contribution in [0.5, 0.6) is 0 Å². The van der Waals surface area contributed by atoms with Gasteiger partial charge in [0.1, 0.15) is 11.5 Å². The van der Waals surface area contributed by atoms with Crippen molar-refractivity contribution in [1.82, 2.24) is 19.9 Å². The first-order valence-electron chi connectivity index (χ1n) is 11.3. The van der Waals surface area contributed by atoms with Crippen LogP contribution in [-0.4, -0.2) is 50.8 Å². The Kier molecular flexibility index (Phi) is 6.24. The van der Waals surface area contributed by atoms with E-state index in [-0.39, 0.29) is 29.0 Å². The van der Waals surface area contributed by atoms with Crippen molar-refractivity contribution in [3.05, 3.63) is 41.5 Å². The molecule has 10 heteroatoms. The average molecular weight is 469 g/mol. The van der Waals surface area contributed by atoms with E-state index in [1.54, 1.807) is 12.1 Å². The van der Waals surface area contributed by atoms with Crippen molar-refractivity contribution in [3.8, 4) is 0 Å². The number of fused-ring (bicyclic) bond motifs is 1. The Morgan fingerprint density at radius 3 is 2.48 bits per heavy atom. The molecule has 3 aromatic heterocycles. The Balaban J connectivity index is 1.32. The van der Waals surface area contributed by atoms with E-state index >= 15 is 0 Å². The van der Waals surface area contributed by atoms with E-state index in [4.69, 9.17) is 16.0 Å². The van der Waals surface area contributed by atoms with Crippen molar-refractivity contribution >= 4 is 46.2 Å². The van der Waals surface area contributed by atoms with Gasteiger partial charge in [0.25, 0.3) is 5.91 Å². The van der Waals surface area contributed by atoms with Crippen LogP contribution in [0.4, 0.5) is 11.5 Å². The number of furan rings is 1. The summed E-state index contributed by atoms with van der Waals surface area (Å²) >= 11 is 5.86. The lowest BCUT2D eigenvalue weighted by atomic mass is 9.85. The number of nitrogens with one attached hydrogen (secondary N) is 2. The summed E-state index contributed by atoms with van der Waals surface area (Å²) < 4.78 is 5.67. The fraction of sp³-hybridized carbons (Fsp3) is 0.435. The van der Waals surface area contributed by atoms with Gasteiger partial charge < -0.3 is 20.0 Å². The summed E-state index contributed by atoms with van der Waals surface area (Å²) in [6.45, 7) is 2.34. The van der Waals surface area contributed by atoms with Crippen LogP contribution in [0.2, 0.25) is 5.02 Å². The van der Waals surface area contributed by atoms with Gasteiger partial charge in [-0.2, -0.15) is 0 Å². The standard InChI is InChI=1S/C23H25ClN6O3/c24-15-5-8-17(27-13-15)28-22(32)20-18(19-23(33-20)26-10-9-25-19)29-21(31)14-3-6-16(7-4-14)30-11-1-2-12-30/h5,8-10,13-14,16H,1-4,6-7,11-12H2,(H,29,31)(H,27,28,32)/t14-,16-. The van der Waals surface area contributed by atoms with E-state index in [0.29, 0.717) is 22.4 Å². The van der Waals surface area contributed by atoms with Crippen LogP contribution in [0, 0.1) is 5.92 Å². The largest absolute Gasteiger partial charge is 0.429 e. The molecule has 0 atom stereocenters. The van der Waals surface area contributed by atoms with E-state index in [9.17, 15) is 9.59 Å². The number of likely N-dealkylation sites (tertiary alicyclic amines) is 1. The molecular formula is C23H25ClN6O3. The van der Waals surface area contributed by atoms with Gasteiger partial charge in [-0.25, -0.2) is 15.0 Å². The Labute approximate surface area is 195 Å². The SMILES string of the molecule is O=C(Nc1ccc(Cl)cn1)c1oc2nccnc2c1NC(=O)[C@H]1CC[C@H](N2CCCC2)CC1. The molecule has 0 unspecified atom stereocenters. The number of hydrogen-bond donors (Lipinski definition) is 2. The molecule has 4 heterocycles. The Hall–Kier alpha value is -3.04. The summed E-state index contributed by atoms with van der Waals surface area (Å²) in [5.41, 5.74) is 0.752. The van der Waals surface area contributed by atoms with Crippen molar-refractivity contribution in [1.29, 1.82) is 0 Å². The van der Waals surface area contributed by atoms with Crippen molar-refractivity contribution in [2.45, 2.75) is 44.6 Å². The number of anilines is 2. The zero-order valence-corrected chi connectivity index (χ0v) is 18.8. The molecule has 172 valence electrons. The van der Waals surface area contributed by atoms with Gasteiger partial charge >= 0.3 is 0 Å². The molecule has 2 amide bonds. The number of amides is 2. The summed E-state index contributed by atoms with van der Waals surface area (Å²) in [6, 6.07) is 3.77.